The van der Waals surface area contributed by atoms with Crippen molar-refractivity contribution in [1.82, 2.24) is 9.55 Å². The van der Waals surface area contributed by atoms with Gasteiger partial charge in [0.2, 0.25) is 0 Å². The summed E-state index contributed by atoms with van der Waals surface area (Å²) in [6.45, 7) is 1.86. The monoisotopic (exact) mass is 203 g/mol. The minimum absolute atomic E-state index is 0.633. The van der Waals surface area contributed by atoms with Crippen LogP contribution in [0.25, 0.3) is 10.7 Å². The second-order valence-electron chi connectivity index (χ2n) is 3.02. The van der Waals surface area contributed by atoms with Crippen molar-refractivity contribution in [3.05, 3.63) is 28.9 Å². The van der Waals surface area contributed by atoms with Crippen molar-refractivity contribution in [2.75, 3.05) is 0 Å². The van der Waals surface area contributed by atoms with E-state index in [1.807, 2.05) is 36.1 Å². The molecule has 2 aromatic rings. The lowest BCUT2D eigenvalue weighted by Crippen LogP contribution is -1.94. The fourth-order valence-corrected chi connectivity index (χ4v) is 2.17. The van der Waals surface area contributed by atoms with Crippen LogP contribution >= 0.6 is 11.3 Å². The van der Waals surface area contributed by atoms with Crippen LogP contribution in [0.2, 0.25) is 0 Å². The molecule has 2 aromatic heterocycles. The van der Waals surface area contributed by atoms with Crippen LogP contribution in [0.15, 0.2) is 17.5 Å². The smallest absolute Gasteiger partial charge is 0.151 e. The van der Waals surface area contributed by atoms with E-state index in [2.05, 4.69) is 11.1 Å². The third kappa shape index (κ3) is 1.22. The fraction of sp³-hybridized carbons (Fsp3) is 0.200. The predicted molar refractivity (Wildman–Crippen MR) is 56.0 cm³/mol. The van der Waals surface area contributed by atoms with E-state index in [1.165, 1.54) is 0 Å². The Kier molecular flexibility index (Phi) is 2.10. The van der Waals surface area contributed by atoms with Gasteiger partial charge in [-0.2, -0.15) is 5.26 Å². The summed E-state index contributed by atoms with van der Waals surface area (Å²) in [6, 6.07) is 6.14. The number of aryl methyl sites for hydroxylation is 1. The molecule has 14 heavy (non-hydrogen) atoms. The van der Waals surface area contributed by atoms with Crippen molar-refractivity contribution in [3.63, 3.8) is 0 Å². The van der Waals surface area contributed by atoms with Gasteiger partial charge in [-0.3, -0.25) is 0 Å². The Labute approximate surface area is 86.3 Å². The summed E-state index contributed by atoms with van der Waals surface area (Å²) in [4.78, 5) is 5.47. The van der Waals surface area contributed by atoms with E-state index in [0.717, 1.165) is 16.4 Å². The molecule has 0 bridgehead atoms. The molecule has 0 radical (unpaired) electrons. The second-order valence-corrected chi connectivity index (χ2v) is 3.97. The molecule has 0 saturated carbocycles. The van der Waals surface area contributed by atoms with Gasteiger partial charge in [-0.05, 0) is 18.4 Å². The van der Waals surface area contributed by atoms with Gasteiger partial charge in [0.1, 0.15) is 11.8 Å². The molecule has 0 aliphatic heterocycles. The number of aromatic nitrogens is 2. The van der Waals surface area contributed by atoms with E-state index in [9.17, 15) is 0 Å². The molecular formula is C10H9N3S. The molecular weight excluding hydrogens is 194 g/mol. The van der Waals surface area contributed by atoms with E-state index >= 15 is 0 Å². The van der Waals surface area contributed by atoms with Crippen LogP contribution in [0.1, 0.15) is 11.4 Å². The molecule has 0 unspecified atom stereocenters. The van der Waals surface area contributed by atoms with Crippen LogP contribution in [-0.4, -0.2) is 9.55 Å². The first kappa shape index (κ1) is 8.97. The highest BCUT2D eigenvalue weighted by molar-refractivity contribution is 7.13. The molecule has 0 spiro atoms. The van der Waals surface area contributed by atoms with Gasteiger partial charge in [-0.15, -0.1) is 11.3 Å². The molecule has 0 N–H and O–H groups in total. The standard InChI is InChI=1S/C10H9N3S/c1-7-8(6-11)13(2)10(12-7)9-4-3-5-14-9/h3-5H,1-2H3. The van der Waals surface area contributed by atoms with Gasteiger partial charge in [-0.25, -0.2) is 4.98 Å². The summed E-state index contributed by atoms with van der Waals surface area (Å²) in [5, 5.41) is 10.9. The van der Waals surface area contributed by atoms with Crippen molar-refractivity contribution in [3.8, 4) is 16.8 Å². The molecule has 0 atom stereocenters. The highest BCUT2D eigenvalue weighted by Gasteiger charge is 2.12. The Morgan fingerprint density at radius 3 is 2.86 bits per heavy atom. The zero-order chi connectivity index (χ0) is 10.1. The number of nitriles is 1. The Balaban J connectivity index is 2.63. The summed E-state index contributed by atoms with van der Waals surface area (Å²) in [5.74, 6) is 0.869. The summed E-state index contributed by atoms with van der Waals surface area (Å²) in [7, 11) is 1.87. The van der Waals surface area contributed by atoms with Crippen LogP contribution in [0.4, 0.5) is 0 Å². The van der Waals surface area contributed by atoms with Gasteiger partial charge >= 0.3 is 0 Å². The normalized spacial score (nSPS) is 10.1. The van der Waals surface area contributed by atoms with Gasteiger partial charge in [0.05, 0.1) is 10.6 Å². The molecule has 0 fully saturated rings. The topological polar surface area (TPSA) is 41.6 Å². The maximum atomic E-state index is 8.90. The minimum atomic E-state index is 0.633. The molecule has 2 rings (SSSR count). The van der Waals surface area contributed by atoms with Crippen LogP contribution in [0.5, 0.6) is 0 Å². The Morgan fingerprint density at radius 2 is 2.36 bits per heavy atom. The molecule has 0 aromatic carbocycles. The maximum Gasteiger partial charge on any atom is 0.151 e. The van der Waals surface area contributed by atoms with Crippen LogP contribution < -0.4 is 0 Å². The van der Waals surface area contributed by atoms with Crippen molar-refractivity contribution in [2.45, 2.75) is 6.92 Å². The zero-order valence-corrected chi connectivity index (χ0v) is 8.80. The summed E-state index contributed by atoms with van der Waals surface area (Å²) in [6.07, 6.45) is 0. The predicted octanol–water partition coefficient (Wildman–Crippen LogP) is 2.33. The lowest BCUT2D eigenvalue weighted by atomic mass is 10.4. The first-order valence-electron chi connectivity index (χ1n) is 4.21. The van der Waals surface area contributed by atoms with E-state index in [4.69, 9.17) is 5.26 Å². The number of hydrogen-bond acceptors (Lipinski definition) is 3. The van der Waals surface area contributed by atoms with Gasteiger partial charge < -0.3 is 4.57 Å². The van der Waals surface area contributed by atoms with Crippen LogP contribution in [-0.2, 0) is 7.05 Å². The van der Waals surface area contributed by atoms with E-state index < -0.39 is 0 Å². The zero-order valence-electron chi connectivity index (χ0n) is 7.98. The lowest BCUT2D eigenvalue weighted by Gasteiger charge is -1.97. The highest BCUT2D eigenvalue weighted by Crippen LogP contribution is 2.24. The first-order chi connectivity index (χ1) is 6.74. The van der Waals surface area contributed by atoms with Crippen LogP contribution in [0, 0.1) is 18.3 Å². The van der Waals surface area contributed by atoms with Crippen molar-refractivity contribution < 1.29 is 0 Å². The van der Waals surface area contributed by atoms with Crippen molar-refractivity contribution in [2.24, 2.45) is 7.05 Å². The molecule has 2 heterocycles. The average molecular weight is 203 g/mol. The maximum absolute atomic E-state index is 8.90. The van der Waals surface area contributed by atoms with Gasteiger partial charge in [0, 0.05) is 7.05 Å². The average Bonchev–Trinajstić information content (AvgIpc) is 2.74. The van der Waals surface area contributed by atoms with Gasteiger partial charge in [-0.1, -0.05) is 6.07 Å². The molecule has 0 saturated heterocycles. The summed E-state index contributed by atoms with van der Waals surface area (Å²) >= 11 is 1.63. The highest BCUT2D eigenvalue weighted by atomic mass is 32.1. The molecule has 4 heteroatoms. The molecule has 0 aliphatic carbocycles. The summed E-state index contributed by atoms with van der Waals surface area (Å²) in [5.41, 5.74) is 1.42. The van der Waals surface area contributed by atoms with E-state index in [1.54, 1.807) is 11.3 Å². The molecule has 0 aliphatic rings. The third-order valence-corrected chi connectivity index (χ3v) is 2.98. The van der Waals surface area contributed by atoms with Gasteiger partial charge in [0.25, 0.3) is 0 Å². The third-order valence-electron chi connectivity index (χ3n) is 2.12. The fourth-order valence-electron chi connectivity index (χ4n) is 1.42. The number of rotatable bonds is 1. The first-order valence-corrected chi connectivity index (χ1v) is 5.09. The number of hydrogen-bond donors (Lipinski definition) is 0. The van der Waals surface area contributed by atoms with Crippen LogP contribution in [0.3, 0.4) is 0 Å². The van der Waals surface area contributed by atoms with Crippen molar-refractivity contribution >= 4 is 11.3 Å². The molecule has 0 amide bonds. The lowest BCUT2D eigenvalue weighted by molar-refractivity contribution is 0.908. The largest absolute Gasteiger partial charge is 0.318 e. The van der Waals surface area contributed by atoms with Gasteiger partial charge in [0.15, 0.2) is 5.82 Å². The van der Waals surface area contributed by atoms with E-state index in [-0.39, 0.29) is 0 Å². The SMILES string of the molecule is Cc1nc(-c2cccs2)n(C)c1C#N. The number of thiophene rings is 1. The van der Waals surface area contributed by atoms with Crippen molar-refractivity contribution in [1.29, 1.82) is 5.26 Å². The minimum Gasteiger partial charge on any atom is -0.318 e. The molecule has 3 nitrogen and oxygen atoms in total. The summed E-state index contributed by atoms with van der Waals surface area (Å²) < 4.78 is 1.83. The number of nitrogens with zero attached hydrogens (tertiary/aromatic N) is 3. The Morgan fingerprint density at radius 1 is 1.57 bits per heavy atom. The number of imidazole rings is 1. The quantitative estimate of drug-likeness (QED) is 0.713. The molecule has 70 valence electrons. The Hall–Kier alpha value is -1.60. The Bertz CT molecular complexity index is 488. The van der Waals surface area contributed by atoms with E-state index in [0.29, 0.717) is 5.69 Å². The second kappa shape index (κ2) is 3.28.